The highest BCUT2D eigenvalue weighted by Crippen LogP contribution is 2.68. The fourth-order valence-corrected chi connectivity index (χ4v) is 8.83. The average molecular weight is 467 g/mol. The van der Waals surface area contributed by atoms with E-state index >= 15 is 0 Å². The van der Waals surface area contributed by atoms with E-state index in [1.807, 2.05) is 6.92 Å². The van der Waals surface area contributed by atoms with Crippen LogP contribution in [0.2, 0.25) is 0 Å². The monoisotopic (exact) mass is 466 g/mol. The molecular formula is C26H37F3N2O2. The number of carbonyl (C=O) groups excluding carboxylic acids is 1. The lowest BCUT2D eigenvalue weighted by Gasteiger charge is -2.61. The van der Waals surface area contributed by atoms with E-state index in [0.717, 1.165) is 62.1 Å². The number of fused-ring (bicyclic) bond motifs is 5. The van der Waals surface area contributed by atoms with Gasteiger partial charge in [0.1, 0.15) is 0 Å². The van der Waals surface area contributed by atoms with Gasteiger partial charge in [-0.1, -0.05) is 13.8 Å². The van der Waals surface area contributed by atoms with Crippen LogP contribution >= 0.6 is 0 Å². The molecule has 5 rings (SSSR count). The van der Waals surface area contributed by atoms with Crippen LogP contribution < -0.4 is 0 Å². The number of hydrogen-bond donors (Lipinski definition) is 1. The van der Waals surface area contributed by atoms with Crippen molar-refractivity contribution in [3.8, 4) is 0 Å². The lowest BCUT2D eigenvalue weighted by Crippen LogP contribution is -2.55. The highest BCUT2D eigenvalue weighted by Gasteiger charge is 2.61. The zero-order chi connectivity index (χ0) is 23.8. The molecule has 0 aromatic carbocycles. The van der Waals surface area contributed by atoms with Crippen LogP contribution in [0.5, 0.6) is 0 Å². The molecule has 7 heteroatoms. The summed E-state index contributed by atoms with van der Waals surface area (Å²) >= 11 is 0. The van der Waals surface area contributed by atoms with E-state index in [2.05, 4.69) is 18.9 Å². The molecule has 0 spiro atoms. The quantitative estimate of drug-likeness (QED) is 0.605. The van der Waals surface area contributed by atoms with Crippen LogP contribution in [0.4, 0.5) is 13.2 Å². The third-order valence-electron chi connectivity index (χ3n) is 10.6. The molecule has 0 aliphatic heterocycles. The lowest BCUT2D eigenvalue weighted by atomic mass is 9.44. The van der Waals surface area contributed by atoms with Crippen molar-refractivity contribution >= 4 is 5.78 Å². The molecule has 8 atom stereocenters. The predicted molar refractivity (Wildman–Crippen MR) is 118 cm³/mol. The number of aliphatic hydroxyl groups is 1. The third-order valence-corrected chi connectivity index (χ3v) is 10.6. The van der Waals surface area contributed by atoms with E-state index in [1.165, 1.54) is 12.6 Å². The van der Waals surface area contributed by atoms with Crippen molar-refractivity contribution in [1.29, 1.82) is 0 Å². The molecule has 184 valence electrons. The minimum absolute atomic E-state index is 0.0314. The number of Topliss-reactive ketones (excluding diaryl/α,β-unsaturated/α-hetero) is 1. The molecule has 0 bridgehead atoms. The smallest absolute Gasteiger partial charge is 0.390 e. The molecule has 0 amide bonds. The van der Waals surface area contributed by atoms with Gasteiger partial charge >= 0.3 is 6.18 Å². The fourth-order valence-electron chi connectivity index (χ4n) is 8.83. The first-order valence-corrected chi connectivity index (χ1v) is 12.7. The normalized spacial score (nSPS) is 45.2. The molecule has 1 aromatic heterocycles. The minimum Gasteiger partial charge on any atom is -0.390 e. The molecule has 1 N–H and O–H groups in total. The highest BCUT2D eigenvalue weighted by atomic mass is 19.4. The third kappa shape index (κ3) is 3.77. The van der Waals surface area contributed by atoms with Crippen molar-refractivity contribution in [3.05, 3.63) is 18.0 Å². The highest BCUT2D eigenvalue weighted by molar-refractivity contribution is 5.82. The molecule has 33 heavy (non-hydrogen) atoms. The van der Waals surface area contributed by atoms with Gasteiger partial charge in [0.05, 0.1) is 12.1 Å². The van der Waals surface area contributed by atoms with Gasteiger partial charge in [0, 0.05) is 12.1 Å². The maximum Gasteiger partial charge on any atom is 0.435 e. The Kier molecular flexibility index (Phi) is 5.36. The van der Waals surface area contributed by atoms with Crippen LogP contribution in [-0.4, -0.2) is 26.3 Å². The number of halogens is 3. The number of ketones is 1. The van der Waals surface area contributed by atoms with Gasteiger partial charge in [-0.05, 0) is 105 Å². The molecule has 4 aliphatic rings. The van der Waals surface area contributed by atoms with Gasteiger partial charge in [0.25, 0.3) is 0 Å². The zero-order valence-corrected chi connectivity index (χ0v) is 20.0. The largest absolute Gasteiger partial charge is 0.435 e. The van der Waals surface area contributed by atoms with E-state index in [9.17, 15) is 23.1 Å². The Morgan fingerprint density at radius 3 is 2.48 bits per heavy atom. The van der Waals surface area contributed by atoms with Crippen molar-refractivity contribution in [3.63, 3.8) is 0 Å². The minimum atomic E-state index is -4.49. The van der Waals surface area contributed by atoms with Gasteiger partial charge < -0.3 is 5.11 Å². The van der Waals surface area contributed by atoms with Crippen molar-refractivity contribution in [1.82, 2.24) is 9.78 Å². The number of nitrogens with zero attached hydrogens (tertiary/aromatic N) is 2. The van der Waals surface area contributed by atoms with Crippen LogP contribution in [0.1, 0.15) is 84.3 Å². The SMILES string of the molecule is C[C@@]1(O)CC[C@@]2(C)C(CC[C@H]3[C@@H]4CC[C@@H](C(=O)Cn5ccc(C(F)(F)F)n5)[C@@]4(C)CC[C@@H]32)C1. The van der Waals surface area contributed by atoms with Crippen molar-refractivity contribution in [2.45, 2.75) is 96.9 Å². The summed E-state index contributed by atoms with van der Waals surface area (Å²) in [5, 5.41) is 14.3. The second kappa shape index (κ2) is 7.56. The molecule has 1 aromatic rings. The van der Waals surface area contributed by atoms with E-state index in [0.29, 0.717) is 23.7 Å². The van der Waals surface area contributed by atoms with E-state index in [4.69, 9.17) is 0 Å². The summed E-state index contributed by atoms with van der Waals surface area (Å²) in [6.45, 7) is 6.64. The number of rotatable bonds is 3. The van der Waals surface area contributed by atoms with Crippen LogP contribution in [0.15, 0.2) is 12.3 Å². The maximum absolute atomic E-state index is 13.3. The Balaban J connectivity index is 1.31. The van der Waals surface area contributed by atoms with E-state index in [-0.39, 0.29) is 29.1 Å². The Morgan fingerprint density at radius 1 is 1.06 bits per heavy atom. The van der Waals surface area contributed by atoms with Gasteiger partial charge in [-0.25, -0.2) is 0 Å². The van der Waals surface area contributed by atoms with Crippen molar-refractivity contribution in [2.24, 2.45) is 40.4 Å². The first-order valence-electron chi connectivity index (χ1n) is 12.7. The summed E-state index contributed by atoms with van der Waals surface area (Å²) in [7, 11) is 0. The predicted octanol–water partition coefficient (Wildman–Crippen LogP) is 5.88. The Labute approximate surface area is 194 Å². The lowest BCUT2D eigenvalue weighted by molar-refractivity contribution is -0.151. The first kappa shape index (κ1) is 23.4. The molecule has 4 saturated carbocycles. The van der Waals surface area contributed by atoms with Crippen molar-refractivity contribution < 1.29 is 23.1 Å². The van der Waals surface area contributed by atoms with Gasteiger partial charge in [-0.3, -0.25) is 9.48 Å². The number of alkyl halides is 3. The standard InChI is InChI=1S/C26H37F3N2O2/c1-23(33)11-12-24(2)16(14-23)4-5-17-18-6-7-20(25(18,3)10-8-19(17)24)21(32)15-31-13-9-22(30-31)26(27,28)29/h9,13,16-20,33H,4-8,10-12,14-15H2,1-3H3/t16?,17-,18-,19-,20-,23+,24-,25-/m0/s1. The molecule has 1 heterocycles. The van der Waals surface area contributed by atoms with Crippen LogP contribution in [0.25, 0.3) is 0 Å². The molecule has 0 saturated heterocycles. The summed E-state index contributed by atoms with van der Waals surface area (Å²) in [6.07, 6.45) is 5.99. The summed E-state index contributed by atoms with van der Waals surface area (Å²) in [4.78, 5) is 13.3. The van der Waals surface area contributed by atoms with E-state index in [1.54, 1.807) is 0 Å². The van der Waals surface area contributed by atoms with E-state index < -0.39 is 17.5 Å². The second-order valence-corrected chi connectivity index (χ2v) is 12.4. The molecule has 4 aliphatic carbocycles. The molecular weight excluding hydrogens is 429 g/mol. The molecule has 4 nitrogen and oxygen atoms in total. The second-order valence-electron chi connectivity index (χ2n) is 12.4. The number of aromatic nitrogens is 2. The van der Waals surface area contributed by atoms with Gasteiger partial charge in [0.2, 0.25) is 0 Å². The first-order chi connectivity index (χ1) is 15.3. The van der Waals surface area contributed by atoms with Crippen molar-refractivity contribution in [2.75, 3.05) is 0 Å². The Hall–Kier alpha value is -1.37. The number of hydrogen-bond acceptors (Lipinski definition) is 3. The summed E-state index contributed by atoms with van der Waals surface area (Å²) in [5.41, 5.74) is -1.27. The molecule has 0 radical (unpaired) electrons. The fraction of sp³-hybridized carbons (Fsp3) is 0.846. The van der Waals surface area contributed by atoms with Gasteiger partial charge in [-0.2, -0.15) is 18.3 Å². The Bertz CT molecular complexity index is 925. The summed E-state index contributed by atoms with van der Waals surface area (Å²) in [5.74, 6) is 2.29. The van der Waals surface area contributed by atoms with Crippen LogP contribution in [0, 0.1) is 40.4 Å². The molecule has 4 fully saturated rings. The summed E-state index contributed by atoms with van der Waals surface area (Å²) in [6, 6.07) is 0.943. The summed E-state index contributed by atoms with van der Waals surface area (Å²) < 4.78 is 39.9. The number of carbonyl (C=O) groups is 1. The average Bonchev–Trinajstić information content (AvgIpc) is 3.32. The van der Waals surface area contributed by atoms with Crippen LogP contribution in [-0.2, 0) is 17.5 Å². The van der Waals surface area contributed by atoms with Gasteiger partial charge in [0.15, 0.2) is 11.5 Å². The molecule has 1 unspecified atom stereocenters. The van der Waals surface area contributed by atoms with Gasteiger partial charge in [-0.15, -0.1) is 0 Å². The van der Waals surface area contributed by atoms with Crippen LogP contribution in [0.3, 0.4) is 0 Å². The Morgan fingerprint density at radius 2 is 1.79 bits per heavy atom. The zero-order valence-electron chi connectivity index (χ0n) is 20.0. The topological polar surface area (TPSA) is 55.1 Å². The maximum atomic E-state index is 13.3.